The lowest BCUT2D eigenvalue weighted by atomic mass is 10.4. The third-order valence-electron chi connectivity index (χ3n) is 3.60. The number of hydrazone groups is 1. The van der Waals surface area contributed by atoms with Crippen LogP contribution in [0.2, 0.25) is 0 Å². The fourth-order valence-electron chi connectivity index (χ4n) is 2.42. The summed E-state index contributed by atoms with van der Waals surface area (Å²) < 4.78 is 5.39. The first kappa shape index (κ1) is 18.3. The van der Waals surface area contributed by atoms with Gasteiger partial charge >= 0.3 is 0 Å². The van der Waals surface area contributed by atoms with Crippen molar-refractivity contribution in [3.8, 4) is 0 Å². The van der Waals surface area contributed by atoms with E-state index in [1.54, 1.807) is 17.6 Å². The Bertz CT molecular complexity index is 705. The van der Waals surface area contributed by atoms with Crippen molar-refractivity contribution in [1.82, 2.24) is 15.0 Å². The first-order chi connectivity index (χ1) is 12.8. The predicted molar refractivity (Wildman–Crippen MR) is 107 cm³/mol. The fraction of sp³-hybridized carbons (Fsp3) is 0.500. The molecule has 0 saturated carbocycles. The molecule has 3 heterocycles. The maximum absolute atomic E-state index is 5.39. The fourth-order valence-corrected chi connectivity index (χ4v) is 3.35. The van der Waals surface area contributed by atoms with Crippen LogP contribution in [0.25, 0.3) is 0 Å². The molecule has 140 valence electrons. The Kier molecular flexibility index (Phi) is 6.56. The van der Waals surface area contributed by atoms with Crippen molar-refractivity contribution < 1.29 is 4.74 Å². The summed E-state index contributed by atoms with van der Waals surface area (Å²) in [6, 6.07) is 4.18. The lowest BCUT2D eigenvalue weighted by Crippen LogP contribution is -2.35. The molecule has 9 nitrogen and oxygen atoms in total. The molecule has 1 aliphatic rings. The van der Waals surface area contributed by atoms with Gasteiger partial charge in [-0.1, -0.05) is 0 Å². The van der Waals surface area contributed by atoms with Crippen LogP contribution in [0.1, 0.15) is 18.7 Å². The number of ether oxygens (including phenoxy) is 1. The predicted octanol–water partition coefficient (Wildman–Crippen LogP) is 2.08. The molecule has 1 saturated heterocycles. The Morgan fingerprint density at radius 3 is 2.38 bits per heavy atom. The number of thiophene rings is 1. The summed E-state index contributed by atoms with van der Waals surface area (Å²) in [5.74, 6) is 1.43. The average Bonchev–Trinajstić information content (AvgIpc) is 3.12. The maximum atomic E-state index is 5.39. The zero-order valence-electron chi connectivity index (χ0n) is 15.0. The molecule has 2 aromatic heterocycles. The molecule has 0 unspecified atom stereocenters. The van der Waals surface area contributed by atoms with E-state index in [1.807, 2.05) is 13.8 Å². The number of hydrogen-bond donors (Lipinski definition) is 3. The molecule has 0 aromatic carbocycles. The van der Waals surface area contributed by atoms with Crippen LogP contribution >= 0.6 is 11.3 Å². The number of aromatic nitrogens is 3. The molecule has 2 aromatic rings. The van der Waals surface area contributed by atoms with Gasteiger partial charge in [0.1, 0.15) is 0 Å². The Hall–Kier alpha value is -2.46. The van der Waals surface area contributed by atoms with Crippen LogP contribution in [0.4, 0.5) is 22.8 Å². The largest absolute Gasteiger partial charge is 0.378 e. The van der Waals surface area contributed by atoms with Crippen LogP contribution in [0.3, 0.4) is 0 Å². The minimum absolute atomic E-state index is 0.396. The molecule has 1 aliphatic heterocycles. The van der Waals surface area contributed by atoms with Gasteiger partial charge in [-0.25, -0.2) is 5.43 Å². The van der Waals surface area contributed by atoms with Crippen molar-refractivity contribution in [3.63, 3.8) is 0 Å². The zero-order valence-corrected chi connectivity index (χ0v) is 15.8. The Labute approximate surface area is 156 Å². The number of rotatable bonds is 8. The van der Waals surface area contributed by atoms with Gasteiger partial charge in [0.15, 0.2) is 0 Å². The SMILES string of the molecule is CCNc1nc(NCC)nc(N/N=C/c2ccc(N3CCOCC3)s2)n1. The highest BCUT2D eigenvalue weighted by Gasteiger charge is 2.12. The minimum Gasteiger partial charge on any atom is -0.378 e. The third-order valence-corrected chi connectivity index (χ3v) is 4.68. The zero-order chi connectivity index (χ0) is 18.2. The Morgan fingerprint density at radius 1 is 1.08 bits per heavy atom. The van der Waals surface area contributed by atoms with Crippen LogP contribution in [0.5, 0.6) is 0 Å². The van der Waals surface area contributed by atoms with E-state index in [4.69, 9.17) is 4.74 Å². The van der Waals surface area contributed by atoms with Gasteiger partial charge in [-0.15, -0.1) is 11.3 Å². The first-order valence-corrected chi connectivity index (χ1v) is 9.55. The second-order valence-electron chi connectivity index (χ2n) is 5.51. The molecule has 0 aliphatic carbocycles. The minimum atomic E-state index is 0.396. The number of morpholine rings is 1. The molecule has 26 heavy (non-hydrogen) atoms. The van der Waals surface area contributed by atoms with Crippen molar-refractivity contribution in [2.24, 2.45) is 5.10 Å². The highest BCUT2D eigenvalue weighted by molar-refractivity contribution is 7.17. The molecule has 0 radical (unpaired) electrons. The molecule has 0 atom stereocenters. The van der Waals surface area contributed by atoms with Gasteiger partial charge in [0, 0.05) is 31.1 Å². The van der Waals surface area contributed by atoms with E-state index >= 15 is 0 Å². The summed E-state index contributed by atoms with van der Waals surface area (Å²) in [6.45, 7) is 8.88. The summed E-state index contributed by atoms with van der Waals surface area (Å²) in [6.07, 6.45) is 1.78. The third kappa shape index (κ3) is 5.02. The maximum Gasteiger partial charge on any atom is 0.250 e. The summed E-state index contributed by atoms with van der Waals surface area (Å²) >= 11 is 1.70. The average molecular weight is 376 g/mol. The normalized spacial score (nSPS) is 14.6. The van der Waals surface area contributed by atoms with E-state index in [1.165, 1.54) is 5.00 Å². The summed E-state index contributed by atoms with van der Waals surface area (Å²) in [7, 11) is 0. The van der Waals surface area contributed by atoms with Crippen molar-refractivity contribution in [2.45, 2.75) is 13.8 Å². The van der Waals surface area contributed by atoms with Crippen molar-refractivity contribution >= 4 is 40.4 Å². The van der Waals surface area contributed by atoms with E-state index in [0.717, 1.165) is 44.3 Å². The van der Waals surface area contributed by atoms with E-state index in [-0.39, 0.29) is 0 Å². The quantitative estimate of drug-likeness (QED) is 0.476. The molecule has 3 N–H and O–H groups in total. The lowest BCUT2D eigenvalue weighted by Gasteiger charge is -2.27. The first-order valence-electron chi connectivity index (χ1n) is 8.74. The molecule has 10 heteroatoms. The van der Waals surface area contributed by atoms with Gasteiger partial charge in [-0.2, -0.15) is 20.1 Å². The van der Waals surface area contributed by atoms with Gasteiger partial charge in [0.05, 0.1) is 24.4 Å². The monoisotopic (exact) mass is 376 g/mol. The van der Waals surface area contributed by atoms with Crippen LogP contribution in [-0.4, -0.2) is 60.6 Å². The molecule has 0 amide bonds. The number of nitrogens with zero attached hydrogens (tertiary/aromatic N) is 5. The molecule has 0 bridgehead atoms. The summed E-state index contributed by atoms with van der Waals surface area (Å²) in [5, 5.41) is 11.7. The van der Waals surface area contributed by atoms with Crippen LogP contribution in [-0.2, 0) is 4.74 Å². The van der Waals surface area contributed by atoms with Gasteiger partial charge in [0.25, 0.3) is 0 Å². The molecule has 1 fully saturated rings. The van der Waals surface area contributed by atoms with E-state index in [2.05, 4.69) is 53.1 Å². The second kappa shape index (κ2) is 9.30. The van der Waals surface area contributed by atoms with Crippen molar-refractivity contribution in [2.75, 3.05) is 60.4 Å². The van der Waals surface area contributed by atoms with Crippen LogP contribution in [0.15, 0.2) is 17.2 Å². The Morgan fingerprint density at radius 2 is 1.73 bits per heavy atom. The topological polar surface area (TPSA) is 99.6 Å². The highest BCUT2D eigenvalue weighted by Crippen LogP contribution is 2.25. The number of anilines is 4. The molecular formula is C16H24N8OS. The smallest absolute Gasteiger partial charge is 0.250 e. The summed E-state index contributed by atoms with van der Waals surface area (Å²) in [4.78, 5) is 16.3. The summed E-state index contributed by atoms with van der Waals surface area (Å²) in [5.41, 5.74) is 2.88. The second-order valence-corrected chi connectivity index (χ2v) is 6.61. The molecule has 3 rings (SSSR count). The van der Waals surface area contributed by atoms with Crippen LogP contribution in [0, 0.1) is 0 Å². The van der Waals surface area contributed by atoms with Crippen LogP contribution < -0.4 is 21.0 Å². The molecule has 0 spiro atoms. The van der Waals surface area contributed by atoms with E-state index in [0.29, 0.717) is 17.8 Å². The van der Waals surface area contributed by atoms with E-state index in [9.17, 15) is 0 Å². The number of hydrogen-bond acceptors (Lipinski definition) is 10. The highest BCUT2D eigenvalue weighted by atomic mass is 32.1. The molecular weight excluding hydrogens is 352 g/mol. The Balaban J connectivity index is 1.63. The van der Waals surface area contributed by atoms with Gasteiger partial charge in [-0.3, -0.25) is 0 Å². The van der Waals surface area contributed by atoms with Gasteiger partial charge in [-0.05, 0) is 26.0 Å². The van der Waals surface area contributed by atoms with Gasteiger partial charge in [0.2, 0.25) is 17.8 Å². The van der Waals surface area contributed by atoms with E-state index < -0.39 is 0 Å². The van der Waals surface area contributed by atoms with Crippen molar-refractivity contribution in [1.29, 1.82) is 0 Å². The lowest BCUT2D eigenvalue weighted by molar-refractivity contribution is 0.123. The number of nitrogens with one attached hydrogen (secondary N) is 3. The standard InChI is InChI=1S/C16H24N8OS/c1-3-17-14-20-15(18-4-2)22-16(21-14)23-19-11-12-5-6-13(26-12)24-7-9-25-10-8-24/h5-6,11H,3-4,7-10H2,1-2H3,(H3,17,18,20,21,22,23)/b19-11+. The van der Waals surface area contributed by atoms with Crippen molar-refractivity contribution in [3.05, 3.63) is 17.0 Å². The van der Waals surface area contributed by atoms with Gasteiger partial charge < -0.3 is 20.3 Å².